The van der Waals surface area contributed by atoms with Crippen molar-refractivity contribution in [3.63, 3.8) is 0 Å². The summed E-state index contributed by atoms with van der Waals surface area (Å²) >= 11 is 1.87. The Bertz CT molecular complexity index is 359. The third-order valence-electron chi connectivity index (χ3n) is 4.49. The predicted octanol–water partition coefficient (Wildman–Crippen LogP) is 2.48. The average Bonchev–Trinajstić information content (AvgIpc) is 2.31. The lowest BCUT2D eigenvalue weighted by Crippen LogP contribution is -2.50. The van der Waals surface area contributed by atoms with Gasteiger partial charge in [-0.15, -0.1) is 0 Å². The Morgan fingerprint density at radius 2 is 2.00 bits per heavy atom. The lowest BCUT2D eigenvalue weighted by Gasteiger charge is -2.39. The zero-order valence-corrected chi connectivity index (χ0v) is 13.3. The van der Waals surface area contributed by atoms with Gasteiger partial charge in [-0.2, -0.15) is 11.8 Å². The number of hydrogen-bond acceptors (Lipinski definition) is 3. The van der Waals surface area contributed by atoms with Crippen LogP contribution in [0.1, 0.15) is 41.0 Å². The van der Waals surface area contributed by atoms with Crippen LogP contribution < -0.4 is 0 Å². The highest BCUT2D eigenvalue weighted by Gasteiger charge is 2.41. The van der Waals surface area contributed by atoms with Crippen molar-refractivity contribution in [2.24, 2.45) is 11.3 Å². The van der Waals surface area contributed by atoms with Gasteiger partial charge in [0.15, 0.2) is 0 Å². The van der Waals surface area contributed by atoms with E-state index in [4.69, 9.17) is 0 Å². The van der Waals surface area contributed by atoms with E-state index in [-0.39, 0.29) is 24.3 Å². The first-order valence-electron chi connectivity index (χ1n) is 6.84. The van der Waals surface area contributed by atoms with Crippen LogP contribution in [0.2, 0.25) is 0 Å². The Labute approximate surface area is 119 Å². The molecule has 5 heteroatoms. The Balaban J connectivity index is 2.80. The number of amides is 1. The molecule has 3 unspecified atom stereocenters. The second kappa shape index (κ2) is 6.16. The van der Waals surface area contributed by atoms with Gasteiger partial charge in [-0.05, 0) is 19.8 Å². The molecular formula is C14H25NO3S. The molecule has 1 heterocycles. The molecular weight excluding hydrogens is 262 g/mol. The van der Waals surface area contributed by atoms with Crippen molar-refractivity contribution in [1.82, 2.24) is 4.90 Å². The summed E-state index contributed by atoms with van der Waals surface area (Å²) in [5, 5.41) is 9.80. The van der Waals surface area contributed by atoms with Gasteiger partial charge in [0.1, 0.15) is 0 Å². The van der Waals surface area contributed by atoms with Crippen molar-refractivity contribution in [3.8, 4) is 0 Å². The zero-order chi connectivity index (χ0) is 14.8. The molecule has 0 radical (unpaired) electrons. The summed E-state index contributed by atoms with van der Waals surface area (Å²) < 4.78 is 0. The van der Waals surface area contributed by atoms with Gasteiger partial charge in [0.2, 0.25) is 5.91 Å². The Morgan fingerprint density at radius 3 is 2.47 bits per heavy atom. The van der Waals surface area contributed by atoms with E-state index in [0.717, 1.165) is 12.3 Å². The molecule has 0 aromatic carbocycles. The third-order valence-corrected chi connectivity index (χ3v) is 5.82. The number of carbonyl (C=O) groups excluding carboxylic acids is 1. The zero-order valence-electron chi connectivity index (χ0n) is 12.5. The van der Waals surface area contributed by atoms with E-state index in [1.54, 1.807) is 6.92 Å². The first kappa shape index (κ1) is 16.3. The van der Waals surface area contributed by atoms with Gasteiger partial charge in [-0.3, -0.25) is 9.59 Å². The first-order valence-corrected chi connectivity index (χ1v) is 7.89. The molecule has 1 saturated heterocycles. The molecule has 0 bridgehead atoms. The van der Waals surface area contributed by atoms with Crippen LogP contribution in [0.4, 0.5) is 0 Å². The number of carboxylic acid groups (broad SMARTS) is 1. The van der Waals surface area contributed by atoms with E-state index < -0.39 is 11.4 Å². The van der Waals surface area contributed by atoms with Crippen LogP contribution in [0.15, 0.2) is 0 Å². The number of rotatable bonds is 4. The summed E-state index contributed by atoms with van der Waals surface area (Å²) in [6.45, 7) is 10.3. The lowest BCUT2D eigenvalue weighted by atomic mass is 9.76. The number of thioether (sulfide) groups is 1. The topological polar surface area (TPSA) is 57.6 Å². The Kier molecular flexibility index (Phi) is 5.30. The van der Waals surface area contributed by atoms with Crippen LogP contribution in [0, 0.1) is 11.3 Å². The SMILES string of the molecule is CC1SCCN(C(=O)CC(C)(C(=O)O)C(C)C)C1C. The highest BCUT2D eigenvalue weighted by molar-refractivity contribution is 8.00. The van der Waals surface area contributed by atoms with Gasteiger partial charge in [0.25, 0.3) is 0 Å². The fourth-order valence-electron chi connectivity index (χ4n) is 2.23. The van der Waals surface area contributed by atoms with Crippen LogP contribution in [0.5, 0.6) is 0 Å². The van der Waals surface area contributed by atoms with E-state index in [1.807, 2.05) is 37.4 Å². The van der Waals surface area contributed by atoms with Crippen LogP contribution in [-0.2, 0) is 9.59 Å². The molecule has 1 fully saturated rings. The number of hydrogen-bond donors (Lipinski definition) is 1. The molecule has 0 spiro atoms. The average molecular weight is 287 g/mol. The standard InChI is InChI=1S/C14H25NO3S/c1-9(2)14(5,13(17)18)8-12(16)15-6-7-19-11(4)10(15)3/h9-11H,6-8H2,1-5H3,(H,17,18). The molecule has 1 amide bonds. The summed E-state index contributed by atoms with van der Waals surface area (Å²) in [7, 11) is 0. The Morgan fingerprint density at radius 1 is 1.42 bits per heavy atom. The van der Waals surface area contributed by atoms with Crippen molar-refractivity contribution in [3.05, 3.63) is 0 Å². The minimum atomic E-state index is -0.982. The van der Waals surface area contributed by atoms with Crippen LogP contribution >= 0.6 is 11.8 Å². The van der Waals surface area contributed by atoms with Gasteiger partial charge in [-0.1, -0.05) is 20.8 Å². The molecule has 3 atom stereocenters. The fourth-order valence-corrected chi connectivity index (χ4v) is 3.33. The number of aliphatic carboxylic acids is 1. The molecule has 0 aromatic rings. The van der Waals surface area contributed by atoms with Crippen molar-refractivity contribution in [1.29, 1.82) is 0 Å². The number of carbonyl (C=O) groups is 2. The number of nitrogens with zero attached hydrogens (tertiary/aromatic N) is 1. The summed E-state index contributed by atoms with van der Waals surface area (Å²) in [4.78, 5) is 25.7. The van der Waals surface area contributed by atoms with Gasteiger partial charge in [0, 0.05) is 30.0 Å². The third kappa shape index (κ3) is 3.44. The monoisotopic (exact) mass is 287 g/mol. The normalized spacial score (nSPS) is 27.2. The molecule has 110 valence electrons. The molecule has 0 aliphatic carbocycles. The highest BCUT2D eigenvalue weighted by atomic mass is 32.2. The van der Waals surface area contributed by atoms with E-state index in [2.05, 4.69) is 6.92 Å². The summed E-state index contributed by atoms with van der Waals surface area (Å²) in [6.07, 6.45) is 0.0850. The summed E-state index contributed by atoms with van der Waals surface area (Å²) in [5.74, 6) is -0.0510. The molecule has 1 aliphatic rings. The first-order chi connectivity index (χ1) is 8.70. The molecule has 1 rings (SSSR count). The van der Waals surface area contributed by atoms with E-state index in [1.165, 1.54) is 0 Å². The van der Waals surface area contributed by atoms with Gasteiger partial charge >= 0.3 is 5.97 Å². The molecule has 19 heavy (non-hydrogen) atoms. The second-order valence-electron chi connectivity index (χ2n) is 5.96. The van der Waals surface area contributed by atoms with Crippen molar-refractivity contribution in [2.45, 2.75) is 52.3 Å². The van der Waals surface area contributed by atoms with Crippen LogP contribution in [0.3, 0.4) is 0 Å². The maximum absolute atomic E-state index is 12.4. The van der Waals surface area contributed by atoms with E-state index in [0.29, 0.717) is 5.25 Å². The largest absolute Gasteiger partial charge is 0.481 e. The molecule has 1 aliphatic heterocycles. The maximum atomic E-state index is 12.4. The van der Waals surface area contributed by atoms with Crippen molar-refractivity contribution >= 4 is 23.6 Å². The second-order valence-corrected chi connectivity index (χ2v) is 7.44. The van der Waals surface area contributed by atoms with Gasteiger partial charge in [-0.25, -0.2) is 0 Å². The summed E-state index contributed by atoms with van der Waals surface area (Å²) in [5.41, 5.74) is -0.982. The maximum Gasteiger partial charge on any atom is 0.310 e. The van der Waals surface area contributed by atoms with Crippen LogP contribution in [-0.4, -0.2) is 45.5 Å². The van der Waals surface area contributed by atoms with E-state index >= 15 is 0 Å². The van der Waals surface area contributed by atoms with Crippen molar-refractivity contribution < 1.29 is 14.7 Å². The minimum absolute atomic E-state index is 0.0294. The molecule has 4 nitrogen and oxygen atoms in total. The predicted molar refractivity (Wildman–Crippen MR) is 78.3 cm³/mol. The summed E-state index contributed by atoms with van der Waals surface area (Å²) in [6, 6.07) is 0.177. The molecule has 0 aromatic heterocycles. The minimum Gasteiger partial charge on any atom is -0.481 e. The lowest BCUT2D eigenvalue weighted by molar-refractivity contribution is -0.156. The van der Waals surface area contributed by atoms with Crippen LogP contribution in [0.25, 0.3) is 0 Å². The van der Waals surface area contributed by atoms with Gasteiger partial charge in [0.05, 0.1) is 5.41 Å². The van der Waals surface area contributed by atoms with Gasteiger partial charge < -0.3 is 10.0 Å². The highest BCUT2D eigenvalue weighted by Crippen LogP contribution is 2.33. The fraction of sp³-hybridized carbons (Fsp3) is 0.857. The van der Waals surface area contributed by atoms with Crippen molar-refractivity contribution in [2.75, 3.05) is 12.3 Å². The smallest absolute Gasteiger partial charge is 0.310 e. The quantitative estimate of drug-likeness (QED) is 0.863. The molecule has 1 N–H and O–H groups in total. The Hall–Kier alpha value is -0.710. The molecule has 0 saturated carbocycles. The number of carboxylic acids is 1. The van der Waals surface area contributed by atoms with E-state index in [9.17, 15) is 14.7 Å².